The minimum atomic E-state index is 0.00976. The van der Waals surface area contributed by atoms with Crippen molar-refractivity contribution >= 4 is 29.3 Å². The van der Waals surface area contributed by atoms with Gasteiger partial charge in [-0.3, -0.25) is 4.79 Å². The fourth-order valence-corrected chi connectivity index (χ4v) is 3.37. The molecule has 0 radical (unpaired) electrons. The molecule has 0 spiro atoms. The zero-order valence-electron chi connectivity index (χ0n) is 12.5. The monoisotopic (exact) mass is 309 g/mol. The maximum Gasteiger partial charge on any atom is 0.230 e. The van der Waals surface area contributed by atoms with Gasteiger partial charge in [0.2, 0.25) is 5.91 Å². The molecule has 1 aromatic rings. The van der Waals surface area contributed by atoms with Gasteiger partial charge in [-0.25, -0.2) is 9.97 Å². The summed E-state index contributed by atoms with van der Waals surface area (Å²) >= 11 is 1.25. The number of nitrogens with one attached hydrogen (secondary N) is 1. The first kappa shape index (κ1) is 15.9. The van der Waals surface area contributed by atoms with Crippen molar-refractivity contribution in [3.05, 3.63) is 6.07 Å². The molecule has 0 bridgehead atoms. The van der Waals surface area contributed by atoms with Gasteiger partial charge in [0.25, 0.3) is 0 Å². The van der Waals surface area contributed by atoms with E-state index in [1.807, 2.05) is 0 Å². The number of nitrogens with zero attached hydrogens (tertiary/aromatic N) is 2. The molecule has 0 saturated heterocycles. The van der Waals surface area contributed by atoms with E-state index in [0.29, 0.717) is 28.6 Å². The van der Waals surface area contributed by atoms with Crippen molar-refractivity contribution in [3.8, 4) is 0 Å². The molecule has 1 heterocycles. The minimum Gasteiger partial charge on any atom is -0.383 e. The summed E-state index contributed by atoms with van der Waals surface area (Å²) in [6, 6.07) is 1.77. The molecule has 1 saturated carbocycles. The number of anilines is 2. The maximum absolute atomic E-state index is 12.1. The second kappa shape index (κ2) is 6.98. The molecule has 1 aliphatic carbocycles. The van der Waals surface area contributed by atoms with Gasteiger partial charge in [0, 0.05) is 12.1 Å². The fourth-order valence-electron chi connectivity index (χ4n) is 2.69. The average Bonchev–Trinajstić information content (AvgIpc) is 2.41. The van der Waals surface area contributed by atoms with Crippen molar-refractivity contribution < 1.29 is 4.79 Å². The van der Waals surface area contributed by atoms with Gasteiger partial charge in [0.05, 0.1) is 5.75 Å². The summed E-state index contributed by atoms with van der Waals surface area (Å²) < 4.78 is 0. The summed E-state index contributed by atoms with van der Waals surface area (Å²) in [7, 11) is 0. The molecule has 1 fully saturated rings. The van der Waals surface area contributed by atoms with Gasteiger partial charge in [-0.1, -0.05) is 38.5 Å². The van der Waals surface area contributed by atoms with Crippen molar-refractivity contribution in [2.75, 3.05) is 17.2 Å². The largest absolute Gasteiger partial charge is 0.383 e. The zero-order valence-corrected chi connectivity index (χ0v) is 13.3. The molecule has 5 N–H and O–H groups in total. The first-order chi connectivity index (χ1) is 9.95. The van der Waals surface area contributed by atoms with Crippen LogP contribution in [0, 0.1) is 11.8 Å². The predicted molar refractivity (Wildman–Crippen MR) is 85.7 cm³/mol. The average molecular weight is 309 g/mol. The number of thioether (sulfide) groups is 1. The molecule has 116 valence electrons. The van der Waals surface area contributed by atoms with Crippen LogP contribution in [0.1, 0.15) is 33.1 Å². The third-order valence-electron chi connectivity index (χ3n) is 4.13. The van der Waals surface area contributed by atoms with Crippen LogP contribution in [0.3, 0.4) is 0 Å². The van der Waals surface area contributed by atoms with Crippen LogP contribution in [0.2, 0.25) is 0 Å². The number of nitrogen functional groups attached to an aromatic ring is 2. The molecular formula is C14H23N5OS. The summed E-state index contributed by atoms with van der Waals surface area (Å²) in [6.07, 6.45) is 3.49. The van der Waals surface area contributed by atoms with Crippen molar-refractivity contribution in [1.29, 1.82) is 0 Å². The van der Waals surface area contributed by atoms with E-state index in [-0.39, 0.29) is 17.7 Å². The van der Waals surface area contributed by atoms with E-state index in [1.165, 1.54) is 30.7 Å². The third-order valence-corrected chi connectivity index (χ3v) is 4.98. The molecular weight excluding hydrogens is 286 g/mol. The molecule has 7 heteroatoms. The minimum absolute atomic E-state index is 0.00976. The Kier molecular flexibility index (Phi) is 5.27. The molecule has 3 unspecified atom stereocenters. The molecule has 21 heavy (non-hydrogen) atoms. The van der Waals surface area contributed by atoms with Crippen LogP contribution >= 0.6 is 11.8 Å². The first-order valence-corrected chi connectivity index (χ1v) is 8.26. The van der Waals surface area contributed by atoms with Crippen LogP contribution in [0.5, 0.6) is 0 Å². The summed E-state index contributed by atoms with van der Waals surface area (Å²) in [4.78, 5) is 20.2. The number of carbonyl (C=O) groups is 1. The molecule has 2 rings (SSSR count). The van der Waals surface area contributed by atoms with Crippen LogP contribution in [0.25, 0.3) is 0 Å². The highest BCUT2D eigenvalue weighted by molar-refractivity contribution is 7.99. The Labute approximate surface area is 129 Å². The van der Waals surface area contributed by atoms with Gasteiger partial charge < -0.3 is 16.8 Å². The lowest BCUT2D eigenvalue weighted by Gasteiger charge is -2.34. The molecule has 1 aliphatic rings. The summed E-state index contributed by atoms with van der Waals surface area (Å²) in [5, 5.41) is 3.56. The fraction of sp³-hybridized carbons (Fsp3) is 0.643. The Balaban J connectivity index is 1.84. The number of carbonyl (C=O) groups excluding carboxylic acids is 1. The van der Waals surface area contributed by atoms with E-state index in [0.717, 1.165) is 6.42 Å². The Morgan fingerprint density at radius 2 is 2.00 bits per heavy atom. The number of hydrogen-bond donors (Lipinski definition) is 3. The van der Waals surface area contributed by atoms with Crippen LogP contribution in [-0.4, -0.2) is 27.7 Å². The van der Waals surface area contributed by atoms with Gasteiger partial charge >= 0.3 is 0 Å². The second-order valence-electron chi connectivity index (χ2n) is 5.73. The van der Waals surface area contributed by atoms with Crippen molar-refractivity contribution in [2.24, 2.45) is 11.8 Å². The predicted octanol–water partition coefficient (Wildman–Crippen LogP) is 1.67. The number of hydrogen-bond acceptors (Lipinski definition) is 6. The normalized spacial score (nSPS) is 25.5. The summed E-state index contributed by atoms with van der Waals surface area (Å²) in [6.45, 7) is 4.46. The summed E-state index contributed by atoms with van der Waals surface area (Å²) in [5.41, 5.74) is 11.2. The number of amides is 1. The van der Waals surface area contributed by atoms with E-state index in [4.69, 9.17) is 11.5 Å². The zero-order chi connectivity index (χ0) is 15.4. The van der Waals surface area contributed by atoms with Crippen LogP contribution in [-0.2, 0) is 4.79 Å². The Bertz CT molecular complexity index is 490. The molecule has 0 aliphatic heterocycles. The molecule has 6 nitrogen and oxygen atoms in total. The number of rotatable bonds is 4. The van der Waals surface area contributed by atoms with E-state index < -0.39 is 0 Å². The van der Waals surface area contributed by atoms with Crippen LogP contribution in [0.15, 0.2) is 11.2 Å². The van der Waals surface area contributed by atoms with Gasteiger partial charge in [-0.15, -0.1) is 0 Å². The lowest BCUT2D eigenvalue weighted by atomic mass is 9.78. The first-order valence-electron chi connectivity index (χ1n) is 7.28. The lowest BCUT2D eigenvalue weighted by molar-refractivity contribution is -0.120. The van der Waals surface area contributed by atoms with Crippen molar-refractivity contribution in [2.45, 2.75) is 44.3 Å². The van der Waals surface area contributed by atoms with Gasteiger partial charge in [0.1, 0.15) is 11.6 Å². The quantitative estimate of drug-likeness (QED) is 0.577. The lowest BCUT2D eigenvalue weighted by Crippen LogP contribution is -2.44. The number of nitrogens with two attached hydrogens (primary N) is 2. The highest BCUT2D eigenvalue weighted by Crippen LogP contribution is 2.29. The highest BCUT2D eigenvalue weighted by Gasteiger charge is 2.28. The van der Waals surface area contributed by atoms with Crippen molar-refractivity contribution in [1.82, 2.24) is 15.3 Å². The summed E-state index contributed by atoms with van der Waals surface area (Å²) in [5.74, 6) is 2.11. The molecule has 0 aromatic carbocycles. The third kappa shape index (κ3) is 4.49. The molecule has 1 aromatic heterocycles. The Morgan fingerprint density at radius 3 is 2.67 bits per heavy atom. The smallest absolute Gasteiger partial charge is 0.230 e. The van der Waals surface area contributed by atoms with Gasteiger partial charge in [-0.05, 0) is 18.3 Å². The van der Waals surface area contributed by atoms with E-state index in [1.54, 1.807) is 0 Å². The van der Waals surface area contributed by atoms with Crippen LogP contribution in [0.4, 0.5) is 11.6 Å². The van der Waals surface area contributed by atoms with E-state index >= 15 is 0 Å². The molecule has 3 atom stereocenters. The second-order valence-corrected chi connectivity index (χ2v) is 6.67. The maximum atomic E-state index is 12.1. The Morgan fingerprint density at radius 1 is 1.33 bits per heavy atom. The standard InChI is InChI=1S/C14H23N5OS/c1-8-4-3-5-10(9(8)2)17-13(20)7-21-14-18-11(15)6-12(16)19-14/h6,8-10H,3-5,7H2,1-2H3,(H,17,20)(H4,15,16,18,19). The van der Waals surface area contributed by atoms with Gasteiger partial charge in [-0.2, -0.15) is 0 Å². The SMILES string of the molecule is CC1CCCC(NC(=O)CSc2nc(N)cc(N)n2)C1C. The molecule has 1 amide bonds. The van der Waals surface area contributed by atoms with Crippen LogP contribution < -0.4 is 16.8 Å². The topological polar surface area (TPSA) is 107 Å². The van der Waals surface area contributed by atoms with E-state index in [9.17, 15) is 4.79 Å². The van der Waals surface area contributed by atoms with Crippen molar-refractivity contribution in [3.63, 3.8) is 0 Å². The Hall–Kier alpha value is -1.50. The highest BCUT2D eigenvalue weighted by atomic mass is 32.2. The van der Waals surface area contributed by atoms with Gasteiger partial charge in [0.15, 0.2) is 5.16 Å². The number of aromatic nitrogens is 2. The van der Waals surface area contributed by atoms with E-state index in [2.05, 4.69) is 29.1 Å².